The summed E-state index contributed by atoms with van der Waals surface area (Å²) in [7, 11) is 0. The van der Waals surface area contributed by atoms with E-state index in [2.05, 4.69) is 14.9 Å². The molecule has 0 atom stereocenters. The second-order valence-electron chi connectivity index (χ2n) is 3.81. The highest BCUT2D eigenvalue weighted by Gasteiger charge is 2.13. The van der Waals surface area contributed by atoms with Gasteiger partial charge in [-0.15, -0.1) is 0 Å². The molecule has 1 aromatic rings. The Hall–Kier alpha value is -0.870. The highest BCUT2D eigenvalue weighted by Crippen LogP contribution is 2.12. The fourth-order valence-electron chi connectivity index (χ4n) is 1.97. The van der Waals surface area contributed by atoms with Crippen LogP contribution in [0.25, 0.3) is 0 Å². The van der Waals surface area contributed by atoms with Crippen molar-refractivity contribution in [3.05, 3.63) is 17.7 Å². The van der Waals surface area contributed by atoms with Crippen molar-refractivity contribution < 1.29 is 4.74 Å². The second-order valence-corrected chi connectivity index (χ2v) is 3.81. The summed E-state index contributed by atoms with van der Waals surface area (Å²) in [5.41, 5.74) is 2.63. The quantitative estimate of drug-likeness (QED) is 0.734. The van der Waals surface area contributed by atoms with Gasteiger partial charge in [-0.2, -0.15) is 0 Å². The molecule has 2 heterocycles. The van der Waals surface area contributed by atoms with Gasteiger partial charge >= 0.3 is 0 Å². The zero-order chi connectivity index (χ0) is 10.5. The van der Waals surface area contributed by atoms with Crippen molar-refractivity contribution in [3.63, 3.8) is 0 Å². The topological polar surface area (TPSA) is 39.1 Å². The molecule has 0 spiro atoms. The van der Waals surface area contributed by atoms with E-state index in [4.69, 9.17) is 4.74 Å². The molecule has 1 aliphatic rings. The maximum Gasteiger partial charge on any atom is 0.0952 e. The predicted molar refractivity (Wildman–Crippen MR) is 58.7 cm³/mol. The molecule has 4 nitrogen and oxygen atoms in total. The number of aromatic nitrogens is 2. The number of nitrogens with one attached hydrogen (secondary N) is 1. The predicted octanol–water partition coefficient (Wildman–Crippen LogP) is 0.955. The van der Waals surface area contributed by atoms with Gasteiger partial charge in [-0.05, 0) is 13.3 Å². The lowest BCUT2D eigenvalue weighted by atomic mass is 10.2. The third kappa shape index (κ3) is 2.58. The van der Waals surface area contributed by atoms with Gasteiger partial charge < -0.3 is 14.6 Å². The molecule has 4 heteroatoms. The number of ether oxygens (including phenoxy) is 1. The maximum atomic E-state index is 5.33. The van der Waals surface area contributed by atoms with Crippen LogP contribution in [0.2, 0.25) is 0 Å². The molecule has 0 amide bonds. The Morgan fingerprint density at radius 1 is 1.60 bits per heavy atom. The summed E-state index contributed by atoms with van der Waals surface area (Å²) < 4.78 is 7.60. The first-order valence-corrected chi connectivity index (χ1v) is 5.73. The third-order valence-electron chi connectivity index (χ3n) is 2.76. The van der Waals surface area contributed by atoms with E-state index in [0.717, 1.165) is 45.7 Å². The normalized spacial score (nSPS) is 15.3. The summed E-state index contributed by atoms with van der Waals surface area (Å²) >= 11 is 0. The van der Waals surface area contributed by atoms with Crippen LogP contribution in [-0.4, -0.2) is 29.3 Å². The first-order chi connectivity index (χ1) is 7.42. The van der Waals surface area contributed by atoms with Crippen LogP contribution >= 0.6 is 0 Å². The maximum absolute atomic E-state index is 5.33. The Labute approximate surface area is 90.6 Å². The van der Waals surface area contributed by atoms with Gasteiger partial charge in [0.1, 0.15) is 0 Å². The Balaban J connectivity index is 1.88. The molecule has 0 saturated heterocycles. The van der Waals surface area contributed by atoms with Crippen LogP contribution in [0.1, 0.15) is 24.7 Å². The summed E-state index contributed by atoms with van der Waals surface area (Å²) in [5.74, 6) is 0. The minimum Gasteiger partial charge on any atom is -0.382 e. The summed E-state index contributed by atoms with van der Waals surface area (Å²) in [6.45, 7) is 6.72. The number of fused-ring (bicyclic) bond motifs is 1. The Kier molecular flexibility index (Phi) is 3.75. The van der Waals surface area contributed by atoms with E-state index >= 15 is 0 Å². The summed E-state index contributed by atoms with van der Waals surface area (Å²) in [4.78, 5) is 4.42. The molecule has 0 radical (unpaired) electrons. The number of aryl methyl sites for hydroxylation is 1. The van der Waals surface area contributed by atoms with Crippen LogP contribution in [0.3, 0.4) is 0 Å². The highest BCUT2D eigenvalue weighted by atomic mass is 16.5. The van der Waals surface area contributed by atoms with Crippen molar-refractivity contribution in [3.8, 4) is 0 Å². The zero-order valence-corrected chi connectivity index (χ0v) is 9.33. The third-order valence-corrected chi connectivity index (χ3v) is 2.76. The standard InChI is InChI=1S/C11H19N3O/c1-2-15-7-3-6-14-9-13-10-8-12-5-4-11(10)14/h9,12H,2-8H2,1H3. The molecular formula is C11H19N3O. The van der Waals surface area contributed by atoms with Crippen LogP contribution < -0.4 is 5.32 Å². The van der Waals surface area contributed by atoms with Gasteiger partial charge in [0.15, 0.2) is 0 Å². The van der Waals surface area contributed by atoms with Crippen molar-refractivity contribution in [1.82, 2.24) is 14.9 Å². The summed E-state index contributed by atoms with van der Waals surface area (Å²) in [5, 5.41) is 3.33. The largest absolute Gasteiger partial charge is 0.382 e. The van der Waals surface area contributed by atoms with Crippen LogP contribution in [0, 0.1) is 0 Å². The molecule has 15 heavy (non-hydrogen) atoms. The average Bonchev–Trinajstić information content (AvgIpc) is 2.68. The Bertz CT molecular complexity index is 309. The van der Waals surface area contributed by atoms with E-state index in [9.17, 15) is 0 Å². The van der Waals surface area contributed by atoms with Crippen molar-refractivity contribution in [2.24, 2.45) is 0 Å². The van der Waals surface area contributed by atoms with Gasteiger partial charge in [-0.25, -0.2) is 4.98 Å². The molecular weight excluding hydrogens is 190 g/mol. The van der Waals surface area contributed by atoms with Crippen molar-refractivity contribution in [2.75, 3.05) is 19.8 Å². The van der Waals surface area contributed by atoms with Crippen molar-refractivity contribution in [2.45, 2.75) is 32.9 Å². The van der Waals surface area contributed by atoms with E-state index in [1.54, 1.807) is 0 Å². The molecule has 1 aromatic heterocycles. The van der Waals surface area contributed by atoms with Crippen LogP contribution in [0.15, 0.2) is 6.33 Å². The van der Waals surface area contributed by atoms with Crippen molar-refractivity contribution >= 4 is 0 Å². The molecule has 0 aliphatic carbocycles. The monoisotopic (exact) mass is 209 g/mol. The van der Waals surface area contributed by atoms with Gasteiger partial charge in [0.2, 0.25) is 0 Å². The van der Waals surface area contributed by atoms with Crippen LogP contribution in [0.4, 0.5) is 0 Å². The molecule has 2 rings (SSSR count). The van der Waals surface area contributed by atoms with Gasteiger partial charge in [-0.3, -0.25) is 0 Å². The number of hydrogen-bond acceptors (Lipinski definition) is 3. The molecule has 84 valence electrons. The van der Waals surface area contributed by atoms with E-state index in [1.165, 1.54) is 11.4 Å². The van der Waals surface area contributed by atoms with Crippen molar-refractivity contribution in [1.29, 1.82) is 0 Å². The fourth-order valence-corrected chi connectivity index (χ4v) is 1.97. The van der Waals surface area contributed by atoms with Gasteiger partial charge in [0.25, 0.3) is 0 Å². The number of nitrogens with zero attached hydrogens (tertiary/aromatic N) is 2. The first-order valence-electron chi connectivity index (χ1n) is 5.73. The minimum atomic E-state index is 0.811. The lowest BCUT2D eigenvalue weighted by molar-refractivity contribution is 0.141. The Morgan fingerprint density at radius 3 is 3.40 bits per heavy atom. The highest BCUT2D eigenvalue weighted by molar-refractivity contribution is 5.16. The lowest BCUT2D eigenvalue weighted by Crippen LogP contribution is -2.25. The summed E-state index contributed by atoms with van der Waals surface area (Å²) in [6, 6.07) is 0. The molecule has 1 aliphatic heterocycles. The van der Waals surface area contributed by atoms with E-state index in [1.807, 2.05) is 13.3 Å². The SMILES string of the molecule is CCOCCCn1cnc2c1CCNC2. The molecule has 0 bridgehead atoms. The average molecular weight is 209 g/mol. The Morgan fingerprint density at radius 2 is 2.53 bits per heavy atom. The lowest BCUT2D eigenvalue weighted by Gasteiger charge is -2.15. The van der Waals surface area contributed by atoms with Gasteiger partial charge in [-0.1, -0.05) is 0 Å². The summed E-state index contributed by atoms with van der Waals surface area (Å²) in [6.07, 6.45) is 4.14. The second kappa shape index (κ2) is 5.28. The first kappa shape index (κ1) is 10.6. The molecule has 1 N–H and O–H groups in total. The van der Waals surface area contributed by atoms with Crippen LogP contribution in [0.5, 0.6) is 0 Å². The molecule has 0 aromatic carbocycles. The minimum absolute atomic E-state index is 0.811. The van der Waals surface area contributed by atoms with Gasteiger partial charge in [0, 0.05) is 45.0 Å². The number of hydrogen-bond donors (Lipinski definition) is 1. The molecule has 0 saturated carbocycles. The number of rotatable bonds is 5. The smallest absolute Gasteiger partial charge is 0.0952 e. The molecule has 0 unspecified atom stereocenters. The molecule has 0 fully saturated rings. The van der Waals surface area contributed by atoms with Crippen LogP contribution in [-0.2, 0) is 24.2 Å². The zero-order valence-electron chi connectivity index (χ0n) is 9.33. The van der Waals surface area contributed by atoms with E-state index in [-0.39, 0.29) is 0 Å². The number of imidazole rings is 1. The van der Waals surface area contributed by atoms with E-state index < -0.39 is 0 Å². The van der Waals surface area contributed by atoms with Gasteiger partial charge in [0.05, 0.1) is 12.0 Å². The van der Waals surface area contributed by atoms with E-state index in [0.29, 0.717) is 0 Å². The fraction of sp³-hybridized carbons (Fsp3) is 0.727.